The van der Waals surface area contributed by atoms with Crippen LogP contribution in [0.1, 0.15) is 18.6 Å². The molecule has 6 nitrogen and oxygen atoms in total. The first-order valence-corrected chi connectivity index (χ1v) is 6.89. The van der Waals surface area contributed by atoms with Gasteiger partial charge in [-0.3, -0.25) is 9.59 Å². The van der Waals surface area contributed by atoms with E-state index >= 15 is 0 Å². The molecule has 2 rings (SSSR count). The summed E-state index contributed by atoms with van der Waals surface area (Å²) >= 11 is 0. The van der Waals surface area contributed by atoms with Gasteiger partial charge in [0, 0.05) is 38.9 Å². The second-order valence-electron chi connectivity index (χ2n) is 5.44. The number of aliphatic hydroxyl groups excluding tert-OH is 1. The summed E-state index contributed by atoms with van der Waals surface area (Å²) in [4.78, 5) is 26.8. The fourth-order valence-electron chi connectivity index (χ4n) is 2.57. The molecule has 2 amide bonds. The number of rotatable bonds is 4. The Bertz CT molecular complexity index is 573. The molecule has 2 atom stereocenters. The Morgan fingerprint density at radius 2 is 2.19 bits per heavy atom. The van der Waals surface area contributed by atoms with E-state index in [4.69, 9.17) is 0 Å². The van der Waals surface area contributed by atoms with Crippen molar-refractivity contribution in [3.05, 3.63) is 23.8 Å². The van der Waals surface area contributed by atoms with E-state index in [9.17, 15) is 14.7 Å². The monoisotopic (exact) mass is 291 g/mol. The third-order valence-corrected chi connectivity index (χ3v) is 3.92. The van der Waals surface area contributed by atoms with Gasteiger partial charge in [-0.1, -0.05) is 13.0 Å². The SMILES string of the molecule is CNC(=O)C(C)CN(C)c1ccc2c(c1)N(C)C(=O)C2O. The molecule has 2 unspecified atom stereocenters. The van der Waals surface area contributed by atoms with Crippen LogP contribution in [0.5, 0.6) is 0 Å². The van der Waals surface area contributed by atoms with Gasteiger partial charge in [0.15, 0.2) is 6.10 Å². The van der Waals surface area contributed by atoms with Crippen LogP contribution in [0.25, 0.3) is 0 Å². The summed E-state index contributed by atoms with van der Waals surface area (Å²) in [7, 11) is 5.17. The number of fused-ring (bicyclic) bond motifs is 1. The van der Waals surface area contributed by atoms with Crippen LogP contribution in [-0.2, 0) is 9.59 Å². The van der Waals surface area contributed by atoms with Crippen molar-refractivity contribution in [1.82, 2.24) is 5.32 Å². The molecule has 6 heteroatoms. The second-order valence-corrected chi connectivity index (χ2v) is 5.44. The fourth-order valence-corrected chi connectivity index (χ4v) is 2.57. The number of carbonyl (C=O) groups excluding carboxylic acids is 2. The van der Waals surface area contributed by atoms with Crippen LogP contribution in [0.4, 0.5) is 11.4 Å². The molecule has 0 saturated carbocycles. The van der Waals surface area contributed by atoms with E-state index in [1.165, 1.54) is 4.90 Å². The van der Waals surface area contributed by atoms with Crippen molar-refractivity contribution < 1.29 is 14.7 Å². The van der Waals surface area contributed by atoms with Crippen LogP contribution in [0, 0.1) is 5.92 Å². The summed E-state index contributed by atoms with van der Waals surface area (Å²) < 4.78 is 0. The molecule has 0 radical (unpaired) electrons. The molecule has 1 aromatic rings. The molecule has 0 fully saturated rings. The number of anilines is 2. The largest absolute Gasteiger partial charge is 0.378 e. The van der Waals surface area contributed by atoms with Crippen LogP contribution in [0.3, 0.4) is 0 Å². The van der Waals surface area contributed by atoms with Crippen molar-refractivity contribution >= 4 is 23.2 Å². The zero-order valence-electron chi connectivity index (χ0n) is 12.8. The van der Waals surface area contributed by atoms with Crippen LogP contribution in [-0.4, -0.2) is 44.6 Å². The molecule has 0 aliphatic carbocycles. The van der Waals surface area contributed by atoms with E-state index in [2.05, 4.69) is 5.32 Å². The van der Waals surface area contributed by atoms with E-state index in [1.54, 1.807) is 20.2 Å². The Balaban J connectivity index is 2.20. The molecule has 1 aromatic carbocycles. The molecule has 0 saturated heterocycles. The highest BCUT2D eigenvalue weighted by atomic mass is 16.3. The lowest BCUT2D eigenvalue weighted by atomic mass is 10.1. The van der Waals surface area contributed by atoms with Gasteiger partial charge in [-0.2, -0.15) is 0 Å². The number of hydrogen-bond donors (Lipinski definition) is 2. The normalized spacial score (nSPS) is 18.4. The van der Waals surface area contributed by atoms with Crippen molar-refractivity contribution in [2.75, 3.05) is 37.5 Å². The second kappa shape index (κ2) is 5.73. The van der Waals surface area contributed by atoms with Crippen LogP contribution < -0.4 is 15.1 Å². The number of nitrogens with one attached hydrogen (secondary N) is 1. The number of amides is 2. The highest BCUT2D eigenvalue weighted by Gasteiger charge is 2.33. The molecule has 1 aliphatic heterocycles. The summed E-state index contributed by atoms with van der Waals surface area (Å²) in [5, 5.41) is 12.5. The lowest BCUT2D eigenvalue weighted by Gasteiger charge is -2.23. The van der Waals surface area contributed by atoms with Crippen LogP contribution in [0.2, 0.25) is 0 Å². The summed E-state index contributed by atoms with van der Waals surface area (Å²) in [5.41, 5.74) is 2.24. The topological polar surface area (TPSA) is 72.9 Å². The molecule has 0 bridgehead atoms. The lowest BCUT2D eigenvalue weighted by molar-refractivity contribution is -0.125. The first-order chi connectivity index (χ1) is 9.86. The molecule has 1 heterocycles. The van der Waals surface area contributed by atoms with Gasteiger partial charge in [0.05, 0.1) is 11.6 Å². The average molecular weight is 291 g/mol. The van der Waals surface area contributed by atoms with Gasteiger partial charge in [0.1, 0.15) is 0 Å². The van der Waals surface area contributed by atoms with E-state index in [0.717, 1.165) is 5.69 Å². The minimum atomic E-state index is -1.07. The first-order valence-electron chi connectivity index (χ1n) is 6.89. The van der Waals surface area contributed by atoms with E-state index < -0.39 is 6.10 Å². The Kier molecular flexibility index (Phi) is 4.18. The Labute approximate surface area is 124 Å². The van der Waals surface area contributed by atoms with E-state index in [0.29, 0.717) is 17.8 Å². The smallest absolute Gasteiger partial charge is 0.260 e. The number of likely N-dealkylation sites (N-methyl/N-ethyl adjacent to an activating group) is 1. The number of aliphatic hydroxyl groups is 1. The van der Waals surface area contributed by atoms with Gasteiger partial charge in [-0.25, -0.2) is 0 Å². The van der Waals surface area contributed by atoms with Gasteiger partial charge >= 0.3 is 0 Å². The quantitative estimate of drug-likeness (QED) is 0.848. The van der Waals surface area contributed by atoms with Crippen LogP contribution in [0.15, 0.2) is 18.2 Å². The Morgan fingerprint density at radius 3 is 2.81 bits per heavy atom. The number of hydrogen-bond acceptors (Lipinski definition) is 4. The lowest BCUT2D eigenvalue weighted by Crippen LogP contribution is -2.34. The van der Waals surface area contributed by atoms with Crippen molar-refractivity contribution in [3.63, 3.8) is 0 Å². The minimum Gasteiger partial charge on any atom is -0.378 e. The highest BCUT2D eigenvalue weighted by Crippen LogP contribution is 2.37. The minimum absolute atomic E-state index is 0.00859. The van der Waals surface area contributed by atoms with Crippen molar-refractivity contribution in [1.29, 1.82) is 0 Å². The van der Waals surface area contributed by atoms with Gasteiger partial charge in [0.25, 0.3) is 5.91 Å². The third-order valence-electron chi connectivity index (χ3n) is 3.92. The Morgan fingerprint density at radius 1 is 1.52 bits per heavy atom. The average Bonchev–Trinajstić information content (AvgIpc) is 2.70. The molecular formula is C15H21N3O3. The summed E-state index contributed by atoms with van der Waals surface area (Å²) in [6.45, 7) is 2.43. The molecule has 0 spiro atoms. The zero-order valence-corrected chi connectivity index (χ0v) is 12.8. The molecule has 114 valence electrons. The van der Waals surface area contributed by atoms with E-state index in [1.807, 2.05) is 31.0 Å². The third kappa shape index (κ3) is 2.71. The summed E-state index contributed by atoms with van der Waals surface area (Å²) in [5.74, 6) is -0.465. The van der Waals surface area contributed by atoms with Crippen molar-refractivity contribution in [3.8, 4) is 0 Å². The number of carbonyl (C=O) groups is 2. The van der Waals surface area contributed by atoms with Gasteiger partial charge in [0.2, 0.25) is 5.91 Å². The maximum atomic E-state index is 11.8. The van der Waals surface area contributed by atoms with Gasteiger partial charge in [-0.05, 0) is 12.1 Å². The predicted octanol–water partition coefficient (Wildman–Crippen LogP) is 0.515. The molecule has 2 N–H and O–H groups in total. The maximum absolute atomic E-state index is 11.8. The van der Waals surface area contributed by atoms with Gasteiger partial charge in [-0.15, -0.1) is 0 Å². The van der Waals surface area contributed by atoms with Crippen molar-refractivity contribution in [2.24, 2.45) is 5.92 Å². The highest BCUT2D eigenvalue weighted by molar-refractivity contribution is 6.03. The molecule has 1 aliphatic rings. The van der Waals surface area contributed by atoms with E-state index in [-0.39, 0.29) is 17.7 Å². The number of nitrogens with zero attached hydrogens (tertiary/aromatic N) is 2. The van der Waals surface area contributed by atoms with Gasteiger partial charge < -0.3 is 20.2 Å². The maximum Gasteiger partial charge on any atom is 0.260 e. The first kappa shape index (κ1) is 15.3. The molecular weight excluding hydrogens is 270 g/mol. The Hall–Kier alpha value is -2.08. The zero-order chi connectivity index (χ0) is 15.7. The summed E-state index contributed by atoms with van der Waals surface area (Å²) in [6, 6.07) is 5.48. The predicted molar refractivity (Wildman–Crippen MR) is 81.3 cm³/mol. The summed E-state index contributed by atoms with van der Waals surface area (Å²) in [6.07, 6.45) is -1.07. The fraction of sp³-hybridized carbons (Fsp3) is 0.467. The number of benzene rings is 1. The molecule has 0 aromatic heterocycles. The van der Waals surface area contributed by atoms with Crippen LogP contribution >= 0.6 is 0 Å². The molecule has 21 heavy (non-hydrogen) atoms. The standard InChI is InChI=1S/C15H21N3O3/c1-9(14(20)16-2)8-17(3)10-5-6-11-12(7-10)18(4)15(21)13(11)19/h5-7,9,13,19H,8H2,1-4H3,(H,16,20). The van der Waals surface area contributed by atoms with Crippen molar-refractivity contribution in [2.45, 2.75) is 13.0 Å².